The molecule has 0 N–H and O–H groups in total. The number of benzene rings is 1. The number of hydrogen-bond donors (Lipinski definition) is 0. The lowest BCUT2D eigenvalue weighted by Gasteiger charge is -2.08. The Kier molecular flexibility index (Phi) is 4.35. The number of ketones is 1. The van der Waals surface area contributed by atoms with Gasteiger partial charge in [0.15, 0.2) is 5.78 Å². The molecule has 1 aliphatic rings. The normalized spacial score (nSPS) is 19.9. The van der Waals surface area contributed by atoms with Gasteiger partial charge in [0, 0.05) is 22.2 Å². The van der Waals surface area contributed by atoms with Gasteiger partial charge in [-0.1, -0.05) is 12.1 Å². The minimum Gasteiger partial charge on any atom is -0.378 e. The summed E-state index contributed by atoms with van der Waals surface area (Å²) in [6.45, 7) is 0.863. The fraction of sp³-hybridized carbons (Fsp3) is 0.462. The number of halogens is 1. The molecule has 0 radical (unpaired) electrons. The van der Waals surface area contributed by atoms with E-state index in [-0.39, 0.29) is 5.78 Å². The Morgan fingerprint density at radius 3 is 2.75 bits per heavy atom. The third-order valence-electron chi connectivity index (χ3n) is 2.88. The number of hydrogen-bond acceptors (Lipinski definition) is 2. The molecule has 1 aliphatic heterocycles. The largest absolute Gasteiger partial charge is 0.378 e. The van der Waals surface area contributed by atoms with E-state index in [1.54, 1.807) is 0 Å². The molecule has 0 aromatic heterocycles. The van der Waals surface area contributed by atoms with Crippen LogP contribution in [0, 0.1) is 3.57 Å². The van der Waals surface area contributed by atoms with E-state index in [9.17, 15) is 4.79 Å². The first-order chi connectivity index (χ1) is 7.75. The van der Waals surface area contributed by atoms with E-state index in [0.29, 0.717) is 12.5 Å². The van der Waals surface area contributed by atoms with Crippen molar-refractivity contribution in [2.24, 2.45) is 0 Å². The molecular formula is C13H15IO2. The van der Waals surface area contributed by atoms with E-state index in [1.165, 1.54) is 0 Å². The summed E-state index contributed by atoms with van der Waals surface area (Å²) in [5, 5.41) is 0. The van der Waals surface area contributed by atoms with Crippen LogP contribution in [0.25, 0.3) is 0 Å². The van der Waals surface area contributed by atoms with Crippen molar-refractivity contribution in [3.05, 3.63) is 33.4 Å². The van der Waals surface area contributed by atoms with Crippen molar-refractivity contribution in [3.8, 4) is 0 Å². The van der Waals surface area contributed by atoms with Crippen LogP contribution in [0.3, 0.4) is 0 Å². The van der Waals surface area contributed by atoms with E-state index >= 15 is 0 Å². The SMILES string of the molecule is O=C(CCC1CCCO1)c1ccc(I)cc1. The van der Waals surface area contributed by atoms with Gasteiger partial charge in [-0.05, 0) is 54.0 Å². The Bertz CT molecular complexity index is 353. The first kappa shape index (κ1) is 12.0. The number of carbonyl (C=O) groups excluding carboxylic acids is 1. The van der Waals surface area contributed by atoms with Gasteiger partial charge in [0.2, 0.25) is 0 Å². The molecule has 0 aliphatic carbocycles. The van der Waals surface area contributed by atoms with Crippen molar-refractivity contribution < 1.29 is 9.53 Å². The quantitative estimate of drug-likeness (QED) is 0.625. The third-order valence-corrected chi connectivity index (χ3v) is 3.60. The molecule has 1 fully saturated rings. The lowest BCUT2D eigenvalue weighted by Crippen LogP contribution is -2.08. The molecule has 0 spiro atoms. The van der Waals surface area contributed by atoms with E-state index < -0.39 is 0 Å². The maximum atomic E-state index is 11.9. The maximum absolute atomic E-state index is 11.9. The second-order valence-electron chi connectivity index (χ2n) is 4.10. The van der Waals surface area contributed by atoms with Crippen molar-refractivity contribution in [1.29, 1.82) is 0 Å². The molecule has 1 aromatic carbocycles. The highest BCUT2D eigenvalue weighted by molar-refractivity contribution is 14.1. The predicted octanol–water partition coefficient (Wildman–Crippen LogP) is 3.43. The summed E-state index contributed by atoms with van der Waals surface area (Å²) in [5.41, 5.74) is 0.818. The van der Waals surface area contributed by atoms with Gasteiger partial charge < -0.3 is 4.74 Å². The van der Waals surface area contributed by atoms with Gasteiger partial charge in [-0.3, -0.25) is 4.79 Å². The number of ether oxygens (including phenoxy) is 1. The van der Waals surface area contributed by atoms with E-state index in [0.717, 1.165) is 35.0 Å². The minimum atomic E-state index is 0.229. The van der Waals surface area contributed by atoms with Crippen LogP contribution in [0.2, 0.25) is 0 Å². The van der Waals surface area contributed by atoms with Crippen LogP contribution in [0.5, 0.6) is 0 Å². The van der Waals surface area contributed by atoms with Crippen LogP contribution in [-0.2, 0) is 4.74 Å². The molecule has 1 atom stereocenters. The fourth-order valence-electron chi connectivity index (χ4n) is 1.94. The van der Waals surface area contributed by atoms with Crippen molar-refractivity contribution in [1.82, 2.24) is 0 Å². The molecule has 1 unspecified atom stereocenters. The Hall–Kier alpha value is -0.420. The van der Waals surface area contributed by atoms with Crippen molar-refractivity contribution in [2.45, 2.75) is 31.8 Å². The van der Waals surface area contributed by atoms with Gasteiger partial charge in [0.1, 0.15) is 0 Å². The third kappa shape index (κ3) is 3.28. The zero-order chi connectivity index (χ0) is 11.4. The van der Waals surface area contributed by atoms with Gasteiger partial charge in [0.05, 0.1) is 6.10 Å². The summed E-state index contributed by atoms with van der Waals surface area (Å²) in [6.07, 6.45) is 4.03. The van der Waals surface area contributed by atoms with Gasteiger partial charge >= 0.3 is 0 Å². The predicted molar refractivity (Wildman–Crippen MR) is 71.7 cm³/mol. The Morgan fingerprint density at radius 2 is 2.12 bits per heavy atom. The zero-order valence-electron chi connectivity index (χ0n) is 9.12. The molecule has 2 rings (SSSR count). The fourth-order valence-corrected chi connectivity index (χ4v) is 2.30. The summed E-state index contributed by atoms with van der Waals surface area (Å²) in [7, 11) is 0. The number of carbonyl (C=O) groups is 1. The summed E-state index contributed by atoms with van der Waals surface area (Å²) >= 11 is 2.24. The lowest BCUT2D eigenvalue weighted by atomic mass is 10.0. The monoisotopic (exact) mass is 330 g/mol. The van der Waals surface area contributed by atoms with Crippen LogP contribution >= 0.6 is 22.6 Å². The molecule has 3 heteroatoms. The zero-order valence-corrected chi connectivity index (χ0v) is 11.3. The van der Waals surface area contributed by atoms with E-state index in [4.69, 9.17) is 4.74 Å². The van der Waals surface area contributed by atoms with E-state index in [2.05, 4.69) is 22.6 Å². The molecule has 0 bridgehead atoms. The Labute approximate surface area is 110 Å². The highest BCUT2D eigenvalue weighted by Gasteiger charge is 2.17. The van der Waals surface area contributed by atoms with Gasteiger partial charge in [0.25, 0.3) is 0 Å². The van der Waals surface area contributed by atoms with Crippen LogP contribution in [0.4, 0.5) is 0 Å². The summed E-state index contributed by atoms with van der Waals surface area (Å²) < 4.78 is 6.67. The lowest BCUT2D eigenvalue weighted by molar-refractivity contribution is 0.0859. The van der Waals surface area contributed by atoms with Gasteiger partial charge in [-0.15, -0.1) is 0 Å². The van der Waals surface area contributed by atoms with E-state index in [1.807, 2.05) is 24.3 Å². The maximum Gasteiger partial charge on any atom is 0.162 e. The topological polar surface area (TPSA) is 26.3 Å². The van der Waals surface area contributed by atoms with Crippen LogP contribution in [0.1, 0.15) is 36.0 Å². The molecule has 86 valence electrons. The molecule has 0 saturated carbocycles. The average molecular weight is 330 g/mol. The molecule has 1 aromatic rings. The molecular weight excluding hydrogens is 315 g/mol. The first-order valence-corrected chi connectivity index (χ1v) is 6.74. The average Bonchev–Trinajstić information content (AvgIpc) is 2.80. The second-order valence-corrected chi connectivity index (χ2v) is 5.35. The summed E-state index contributed by atoms with van der Waals surface area (Å²) in [4.78, 5) is 11.9. The Balaban J connectivity index is 1.85. The summed E-state index contributed by atoms with van der Waals surface area (Å²) in [5.74, 6) is 0.229. The molecule has 2 nitrogen and oxygen atoms in total. The standard InChI is InChI=1S/C13H15IO2/c14-11-5-3-10(4-6-11)13(15)8-7-12-2-1-9-16-12/h3-6,12H,1-2,7-9H2. The van der Waals surface area contributed by atoms with Crippen molar-refractivity contribution in [3.63, 3.8) is 0 Å². The number of Topliss-reactive ketones (excluding diaryl/α,β-unsaturated/α-hetero) is 1. The number of rotatable bonds is 4. The minimum absolute atomic E-state index is 0.229. The Morgan fingerprint density at radius 1 is 1.38 bits per heavy atom. The molecule has 1 heterocycles. The van der Waals surface area contributed by atoms with Crippen LogP contribution in [0.15, 0.2) is 24.3 Å². The molecule has 0 amide bonds. The first-order valence-electron chi connectivity index (χ1n) is 5.66. The molecule has 16 heavy (non-hydrogen) atoms. The van der Waals surface area contributed by atoms with Crippen LogP contribution in [-0.4, -0.2) is 18.5 Å². The molecule has 1 saturated heterocycles. The van der Waals surface area contributed by atoms with Crippen molar-refractivity contribution >= 4 is 28.4 Å². The van der Waals surface area contributed by atoms with Gasteiger partial charge in [-0.25, -0.2) is 0 Å². The smallest absolute Gasteiger partial charge is 0.162 e. The highest BCUT2D eigenvalue weighted by Crippen LogP contribution is 2.18. The highest BCUT2D eigenvalue weighted by atomic mass is 127. The van der Waals surface area contributed by atoms with Crippen LogP contribution < -0.4 is 0 Å². The van der Waals surface area contributed by atoms with Gasteiger partial charge in [-0.2, -0.15) is 0 Å². The second kappa shape index (κ2) is 5.77. The van der Waals surface area contributed by atoms with Crippen molar-refractivity contribution in [2.75, 3.05) is 6.61 Å². The summed E-state index contributed by atoms with van der Waals surface area (Å²) in [6, 6.07) is 7.75.